The topological polar surface area (TPSA) is 20.3 Å². The number of carbonyl (C=O) groups is 1. The highest BCUT2D eigenvalue weighted by Crippen LogP contribution is 2.33. The Morgan fingerprint density at radius 2 is 2.11 bits per heavy atom. The Morgan fingerprint density at radius 1 is 1.37 bits per heavy atom. The average molecular weight is 298 g/mol. The first kappa shape index (κ1) is 14.7. The summed E-state index contributed by atoms with van der Waals surface area (Å²) in [5.74, 6) is 1.14. The Balaban J connectivity index is 2.18. The van der Waals surface area contributed by atoms with Gasteiger partial charge in [-0.2, -0.15) is 11.8 Å². The highest BCUT2D eigenvalue weighted by atomic mass is 35.5. The van der Waals surface area contributed by atoms with Crippen molar-refractivity contribution < 1.29 is 4.79 Å². The third-order valence-corrected chi connectivity index (χ3v) is 5.22. The number of Topliss-reactive ketones (excluding diaryl/α,β-unsaturated/α-hetero) is 1. The molecule has 1 saturated heterocycles. The van der Waals surface area contributed by atoms with Crippen LogP contribution in [0.1, 0.15) is 37.6 Å². The van der Waals surface area contributed by atoms with Crippen LogP contribution in [0.2, 0.25) is 5.02 Å². The van der Waals surface area contributed by atoms with Crippen molar-refractivity contribution in [1.29, 1.82) is 0 Å². The van der Waals surface area contributed by atoms with E-state index < -0.39 is 0 Å². The fraction of sp³-hybridized carbons (Fsp3) is 0.533. The summed E-state index contributed by atoms with van der Waals surface area (Å²) in [5, 5.41) is 0.557. The van der Waals surface area contributed by atoms with Crippen LogP contribution < -0.4 is 4.90 Å². The molecule has 0 radical (unpaired) electrons. The van der Waals surface area contributed by atoms with E-state index in [1.54, 1.807) is 6.92 Å². The zero-order chi connectivity index (χ0) is 14.0. The van der Waals surface area contributed by atoms with Gasteiger partial charge in [0, 0.05) is 34.8 Å². The number of halogens is 1. The van der Waals surface area contributed by atoms with Crippen LogP contribution in [0.25, 0.3) is 0 Å². The molecule has 0 unspecified atom stereocenters. The van der Waals surface area contributed by atoms with Gasteiger partial charge in [0.05, 0.1) is 5.02 Å². The number of ketones is 1. The third-order valence-electron chi connectivity index (χ3n) is 3.53. The van der Waals surface area contributed by atoms with Crippen LogP contribution in [0.3, 0.4) is 0 Å². The molecule has 1 aliphatic rings. The Hall–Kier alpha value is -0.670. The molecular weight excluding hydrogens is 278 g/mol. The van der Waals surface area contributed by atoms with E-state index in [0.717, 1.165) is 31.0 Å². The molecule has 2 nitrogen and oxygen atoms in total. The maximum absolute atomic E-state index is 11.4. The van der Waals surface area contributed by atoms with E-state index in [1.807, 2.05) is 30.0 Å². The molecular formula is C15H20ClNOS. The molecule has 0 spiro atoms. The van der Waals surface area contributed by atoms with E-state index in [1.165, 1.54) is 0 Å². The van der Waals surface area contributed by atoms with E-state index in [2.05, 4.69) is 18.7 Å². The lowest BCUT2D eigenvalue weighted by molar-refractivity contribution is 0.101. The number of anilines is 1. The van der Waals surface area contributed by atoms with Crippen molar-refractivity contribution in [2.24, 2.45) is 0 Å². The second-order valence-corrected chi connectivity index (χ2v) is 7.77. The summed E-state index contributed by atoms with van der Waals surface area (Å²) in [6.45, 7) is 8.21. The molecule has 0 N–H and O–H groups in total. The fourth-order valence-corrected chi connectivity index (χ4v) is 3.67. The van der Waals surface area contributed by atoms with Gasteiger partial charge in [-0.15, -0.1) is 0 Å². The standard InChI is InChI=1S/C15H20ClNOS/c1-11(18)13-5-4-12(10-14(13)16)17-7-6-15(2,3)19-9-8-17/h4-5,10H,6-9H2,1-3H3. The summed E-state index contributed by atoms with van der Waals surface area (Å²) in [6.07, 6.45) is 1.16. The summed E-state index contributed by atoms with van der Waals surface area (Å²) in [4.78, 5) is 13.8. The SMILES string of the molecule is CC(=O)c1ccc(N2CCSC(C)(C)CC2)cc1Cl. The molecule has 0 amide bonds. The number of benzene rings is 1. The number of hydrogen-bond donors (Lipinski definition) is 0. The molecule has 1 heterocycles. The molecule has 4 heteroatoms. The average Bonchev–Trinajstić information content (AvgIpc) is 2.49. The molecule has 1 aromatic carbocycles. The van der Waals surface area contributed by atoms with Crippen LogP contribution >= 0.6 is 23.4 Å². The van der Waals surface area contributed by atoms with Crippen LogP contribution in [0.4, 0.5) is 5.69 Å². The normalized spacial score (nSPS) is 19.1. The first-order valence-electron chi connectivity index (χ1n) is 6.58. The highest BCUT2D eigenvalue weighted by molar-refractivity contribution is 8.00. The second kappa shape index (κ2) is 5.76. The number of hydrogen-bond acceptors (Lipinski definition) is 3. The van der Waals surface area contributed by atoms with Gasteiger partial charge in [-0.25, -0.2) is 0 Å². The molecule has 0 aromatic heterocycles. The minimum atomic E-state index is 0.0177. The van der Waals surface area contributed by atoms with Crippen molar-refractivity contribution in [2.45, 2.75) is 31.9 Å². The Labute approximate surface area is 124 Å². The van der Waals surface area contributed by atoms with Crippen LogP contribution in [0, 0.1) is 0 Å². The van der Waals surface area contributed by atoms with E-state index in [-0.39, 0.29) is 5.78 Å². The lowest BCUT2D eigenvalue weighted by Crippen LogP contribution is -2.26. The summed E-state index contributed by atoms with van der Waals surface area (Å²) in [6, 6.07) is 5.76. The molecule has 104 valence electrons. The maximum atomic E-state index is 11.4. The van der Waals surface area contributed by atoms with Gasteiger partial charge in [0.2, 0.25) is 0 Å². The van der Waals surface area contributed by atoms with Crippen molar-refractivity contribution >= 4 is 34.8 Å². The second-order valence-electron chi connectivity index (χ2n) is 5.57. The van der Waals surface area contributed by atoms with Crippen LogP contribution in [-0.2, 0) is 0 Å². The Bertz CT molecular complexity index is 487. The van der Waals surface area contributed by atoms with Gasteiger partial charge in [0.25, 0.3) is 0 Å². The van der Waals surface area contributed by atoms with Crippen molar-refractivity contribution in [3.8, 4) is 0 Å². The quantitative estimate of drug-likeness (QED) is 0.761. The monoisotopic (exact) mass is 297 g/mol. The molecule has 19 heavy (non-hydrogen) atoms. The zero-order valence-corrected chi connectivity index (χ0v) is 13.3. The van der Waals surface area contributed by atoms with E-state index in [0.29, 0.717) is 15.3 Å². The molecule has 0 atom stereocenters. The number of carbonyl (C=O) groups excluding carboxylic acids is 1. The van der Waals surface area contributed by atoms with Crippen molar-refractivity contribution in [2.75, 3.05) is 23.7 Å². The van der Waals surface area contributed by atoms with E-state index in [9.17, 15) is 4.79 Å². The Morgan fingerprint density at radius 3 is 2.74 bits per heavy atom. The van der Waals surface area contributed by atoms with Crippen LogP contribution in [-0.4, -0.2) is 29.4 Å². The van der Waals surface area contributed by atoms with Gasteiger partial charge >= 0.3 is 0 Å². The summed E-state index contributed by atoms with van der Waals surface area (Å²) >= 11 is 8.21. The van der Waals surface area contributed by atoms with Crippen molar-refractivity contribution in [1.82, 2.24) is 0 Å². The number of nitrogens with zero attached hydrogens (tertiary/aromatic N) is 1. The van der Waals surface area contributed by atoms with Gasteiger partial charge in [-0.05, 0) is 31.5 Å². The first-order valence-corrected chi connectivity index (χ1v) is 7.95. The molecule has 1 aromatic rings. The number of rotatable bonds is 2. The highest BCUT2D eigenvalue weighted by Gasteiger charge is 2.24. The Kier molecular flexibility index (Phi) is 4.46. The molecule has 1 fully saturated rings. The zero-order valence-electron chi connectivity index (χ0n) is 11.7. The minimum absolute atomic E-state index is 0.0177. The van der Waals surface area contributed by atoms with Gasteiger partial charge in [-0.3, -0.25) is 4.79 Å². The minimum Gasteiger partial charge on any atom is -0.371 e. The van der Waals surface area contributed by atoms with Gasteiger partial charge < -0.3 is 4.90 Å². The molecule has 0 bridgehead atoms. The summed E-state index contributed by atoms with van der Waals surface area (Å²) in [5.41, 5.74) is 1.73. The number of thioether (sulfide) groups is 1. The van der Waals surface area contributed by atoms with Crippen LogP contribution in [0.5, 0.6) is 0 Å². The van der Waals surface area contributed by atoms with E-state index >= 15 is 0 Å². The predicted octanol–water partition coefficient (Wildman–Crippen LogP) is 4.26. The van der Waals surface area contributed by atoms with E-state index in [4.69, 9.17) is 11.6 Å². The third kappa shape index (κ3) is 3.67. The van der Waals surface area contributed by atoms with Gasteiger partial charge in [0.1, 0.15) is 0 Å². The smallest absolute Gasteiger partial charge is 0.161 e. The maximum Gasteiger partial charge on any atom is 0.161 e. The molecule has 2 rings (SSSR count). The van der Waals surface area contributed by atoms with Crippen molar-refractivity contribution in [3.63, 3.8) is 0 Å². The molecule has 1 aliphatic heterocycles. The lowest BCUT2D eigenvalue weighted by Gasteiger charge is -2.24. The predicted molar refractivity (Wildman–Crippen MR) is 84.8 cm³/mol. The van der Waals surface area contributed by atoms with Crippen LogP contribution in [0.15, 0.2) is 18.2 Å². The molecule has 0 saturated carbocycles. The summed E-state index contributed by atoms with van der Waals surface area (Å²) in [7, 11) is 0. The van der Waals surface area contributed by atoms with Gasteiger partial charge in [0.15, 0.2) is 5.78 Å². The first-order chi connectivity index (χ1) is 8.89. The van der Waals surface area contributed by atoms with Crippen molar-refractivity contribution in [3.05, 3.63) is 28.8 Å². The van der Waals surface area contributed by atoms with Gasteiger partial charge in [-0.1, -0.05) is 25.4 Å². The fourth-order valence-electron chi connectivity index (χ4n) is 2.26. The largest absolute Gasteiger partial charge is 0.371 e. The molecule has 0 aliphatic carbocycles. The summed E-state index contributed by atoms with van der Waals surface area (Å²) < 4.78 is 0.345. The lowest BCUT2D eigenvalue weighted by atomic mass is 10.1.